The van der Waals surface area contributed by atoms with Gasteiger partial charge in [-0.05, 0) is 44.2 Å². The molecule has 7 nitrogen and oxygen atoms in total. The lowest BCUT2D eigenvalue weighted by molar-refractivity contribution is 0.0464. The zero-order valence-corrected chi connectivity index (χ0v) is 16.6. The number of hydrogen-bond donors (Lipinski definition) is 0. The van der Waals surface area contributed by atoms with Crippen LogP contribution >= 0.6 is 0 Å². The summed E-state index contributed by atoms with van der Waals surface area (Å²) < 4.78 is 37.1. The average molecular weight is 400 g/mol. The smallest absolute Gasteiger partial charge is 0.338 e. The Hall–Kier alpha value is -3.13. The third-order valence-electron chi connectivity index (χ3n) is 4.15. The van der Waals surface area contributed by atoms with Crippen LogP contribution in [0.1, 0.15) is 27.4 Å². The van der Waals surface area contributed by atoms with Crippen LogP contribution < -0.4 is 4.31 Å². The lowest BCUT2D eigenvalue weighted by Crippen LogP contribution is -2.26. The lowest BCUT2D eigenvalue weighted by Gasteiger charge is -2.20. The van der Waals surface area contributed by atoms with E-state index in [-0.39, 0.29) is 17.1 Å². The van der Waals surface area contributed by atoms with Gasteiger partial charge in [-0.25, -0.2) is 13.2 Å². The zero-order valence-electron chi connectivity index (χ0n) is 15.7. The van der Waals surface area contributed by atoms with E-state index < -0.39 is 16.0 Å². The van der Waals surface area contributed by atoms with Crippen molar-refractivity contribution >= 4 is 21.7 Å². The van der Waals surface area contributed by atoms with Gasteiger partial charge in [-0.1, -0.05) is 28.9 Å². The first-order valence-electron chi connectivity index (χ1n) is 8.52. The number of ether oxygens (including phenoxy) is 1. The van der Waals surface area contributed by atoms with Crippen LogP contribution in [0, 0.1) is 13.8 Å². The van der Waals surface area contributed by atoms with E-state index in [0.29, 0.717) is 17.1 Å². The van der Waals surface area contributed by atoms with Crippen molar-refractivity contribution in [2.24, 2.45) is 0 Å². The third kappa shape index (κ3) is 4.23. The number of carbonyl (C=O) groups excluding carboxylic acids is 1. The minimum absolute atomic E-state index is 0.00213. The molecule has 1 aromatic heterocycles. The Morgan fingerprint density at radius 1 is 1.11 bits per heavy atom. The number of carbonyl (C=O) groups is 1. The van der Waals surface area contributed by atoms with E-state index in [1.54, 1.807) is 25.1 Å². The van der Waals surface area contributed by atoms with Gasteiger partial charge in [0.2, 0.25) is 0 Å². The normalized spacial score (nSPS) is 11.2. The van der Waals surface area contributed by atoms with Crippen molar-refractivity contribution in [1.29, 1.82) is 0 Å². The van der Waals surface area contributed by atoms with E-state index in [1.165, 1.54) is 35.6 Å². The summed E-state index contributed by atoms with van der Waals surface area (Å²) in [6.45, 7) is 3.60. The van der Waals surface area contributed by atoms with Gasteiger partial charge in [0.15, 0.2) is 0 Å². The summed E-state index contributed by atoms with van der Waals surface area (Å²) >= 11 is 0. The summed E-state index contributed by atoms with van der Waals surface area (Å²) in [5, 5.41) is 3.75. The number of anilines is 1. The molecular weight excluding hydrogens is 380 g/mol. The predicted octanol–water partition coefficient (Wildman–Crippen LogP) is 3.47. The second-order valence-corrected chi connectivity index (χ2v) is 8.31. The molecule has 0 saturated carbocycles. The molecule has 0 unspecified atom stereocenters. The molecule has 0 saturated heterocycles. The Balaban J connectivity index is 1.79. The van der Waals surface area contributed by atoms with Crippen molar-refractivity contribution in [1.82, 2.24) is 5.16 Å². The Morgan fingerprint density at radius 3 is 2.46 bits per heavy atom. The van der Waals surface area contributed by atoms with Crippen molar-refractivity contribution in [3.8, 4) is 0 Å². The molecule has 28 heavy (non-hydrogen) atoms. The maximum Gasteiger partial charge on any atom is 0.338 e. The van der Waals surface area contributed by atoms with Crippen LogP contribution in [-0.4, -0.2) is 26.6 Å². The highest BCUT2D eigenvalue weighted by atomic mass is 32.2. The highest BCUT2D eigenvalue weighted by Gasteiger charge is 2.23. The van der Waals surface area contributed by atoms with Crippen molar-refractivity contribution in [2.75, 3.05) is 11.4 Å². The van der Waals surface area contributed by atoms with E-state index in [2.05, 4.69) is 5.16 Å². The molecule has 0 aliphatic rings. The molecule has 0 spiro atoms. The molecule has 0 radical (unpaired) electrons. The summed E-state index contributed by atoms with van der Waals surface area (Å²) in [5.74, 6) is -0.0334. The minimum Gasteiger partial charge on any atom is -0.455 e. The molecular formula is C20H20N2O5S. The van der Waals surface area contributed by atoms with Crippen LogP contribution in [0.2, 0.25) is 0 Å². The number of aromatic nitrogens is 1. The summed E-state index contributed by atoms with van der Waals surface area (Å²) in [4.78, 5) is 12.3. The fourth-order valence-corrected chi connectivity index (χ4v) is 3.79. The van der Waals surface area contributed by atoms with Gasteiger partial charge in [0.05, 0.1) is 16.1 Å². The van der Waals surface area contributed by atoms with E-state index in [1.807, 2.05) is 19.1 Å². The van der Waals surface area contributed by atoms with Gasteiger partial charge in [-0.2, -0.15) is 0 Å². The molecule has 0 aliphatic carbocycles. The van der Waals surface area contributed by atoms with Crippen molar-refractivity contribution in [3.05, 3.63) is 77.2 Å². The molecule has 3 aromatic rings. The molecule has 0 atom stereocenters. The van der Waals surface area contributed by atoms with E-state index >= 15 is 0 Å². The number of benzene rings is 2. The fourth-order valence-electron chi connectivity index (χ4n) is 2.54. The summed E-state index contributed by atoms with van der Waals surface area (Å²) in [6.07, 6.45) is 0. The first kappa shape index (κ1) is 19.6. The highest BCUT2D eigenvalue weighted by Crippen LogP contribution is 2.23. The van der Waals surface area contributed by atoms with Crippen molar-refractivity contribution in [3.63, 3.8) is 0 Å². The standard InChI is InChI=1S/C20H20N2O5S/c1-14-7-9-18(10-8-14)22(3)28(24,25)19-6-4-5-16(12-19)20(23)26-13-17-11-15(2)27-21-17/h4-12H,13H2,1-3H3. The van der Waals surface area contributed by atoms with Gasteiger partial charge >= 0.3 is 5.97 Å². The van der Waals surface area contributed by atoms with Gasteiger partial charge in [-0.3, -0.25) is 4.31 Å². The van der Waals surface area contributed by atoms with Crippen LogP contribution in [0.4, 0.5) is 5.69 Å². The van der Waals surface area contributed by atoms with Gasteiger partial charge in [-0.15, -0.1) is 0 Å². The molecule has 3 rings (SSSR count). The second-order valence-electron chi connectivity index (χ2n) is 6.34. The molecule has 0 amide bonds. The van der Waals surface area contributed by atoms with Gasteiger partial charge in [0.1, 0.15) is 18.1 Å². The molecule has 1 heterocycles. The minimum atomic E-state index is -3.83. The van der Waals surface area contributed by atoms with E-state index in [0.717, 1.165) is 5.56 Å². The molecule has 8 heteroatoms. The number of esters is 1. The predicted molar refractivity (Wildman–Crippen MR) is 104 cm³/mol. The Kier molecular flexibility index (Phi) is 5.51. The lowest BCUT2D eigenvalue weighted by atomic mass is 10.2. The van der Waals surface area contributed by atoms with Crippen molar-refractivity contribution in [2.45, 2.75) is 25.3 Å². The largest absolute Gasteiger partial charge is 0.455 e. The van der Waals surface area contributed by atoms with Crippen molar-refractivity contribution < 1.29 is 22.5 Å². The van der Waals surface area contributed by atoms with Crippen LogP contribution in [0.5, 0.6) is 0 Å². The van der Waals surface area contributed by atoms with Gasteiger partial charge in [0.25, 0.3) is 10.0 Å². The summed E-state index contributed by atoms with van der Waals surface area (Å²) in [6, 6.07) is 14.5. The number of rotatable bonds is 6. The maximum atomic E-state index is 12.9. The summed E-state index contributed by atoms with van der Waals surface area (Å²) in [7, 11) is -2.36. The molecule has 0 N–H and O–H groups in total. The van der Waals surface area contributed by atoms with Gasteiger partial charge in [0, 0.05) is 13.1 Å². The number of sulfonamides is 1. The van der Waals surface area contributed by atoms with Crippen LogP contribution in [-0.2, 0) is 21.4 Å². The first-order valence-corrected chi connectivity index (χ1v) is 9.96. The van der Waals surface area contributed by atoms with Crippen LogP contribution in [0.3, 0.4) is 0 Å². The topological polar surface area (TPSA) is 89.7 Å². The SMILES string of the molecule is Cc1ccc(N(C)S(=O)(=O)c2cccc(C(=O)OCc3cc(C)on3)c2)cc1. The maximum absolute atomic E-state index is 12.9. The fraction of sp³-hybridized carbons (Fsp3) is 0.200. The summed E-state index contributed by atoms with van der Waals surface area (Å²) in [5.41, 5.74) is 2.17. The second kappa shape index (κ2) is 7.85. The van der Waals surface area contributed by atoms with Crippen LogP contribution in [0.15, 0.2) is 64.0 Å². The number of hydrogen-bond acceptors (Lipinski definition) is 6. The number of nitrogens with zero attached hydrogens (tertiary/aromatic N) is 2. The zero-order chi connectivity index (χ0) is 20.3. The Bertz CT molecular complexity index is 1090. The highest BCUT2D eigenvalue weighted by molar-refractivity contribution is 7.92. The molecule has 2 aromatic carbocycles. The molecule has 146 valence electrons. The Labute approximate surface area is 163 Å². The number of aryl methyl sites for hydroxylation is 2. The monoisotopic (exact) mass is 400 g/mol. The Morgan fingerprint density at radius 2 is 1.82 bits per heavy atom. The molecule has 0 bridgehead atoms. The molecule has 0 aliphatic heterocycles. The average Bonchev–Trinajstić information content (AvgIpc) is 3.11. The van der Waals surface area contributed by atoms with E-state index in [4.69, 9.17) is 9.26 Å². The van der Waals surface area contributed by atoms with Crippen LogP contribution in [0.25, 0.3) is 0 Å². The molecule has 0 fully saturated rings. The quantitative estimate of drug-likeness (QED) is 0.589. The van der Waals surface area contributed by atoms with Gasteiger partial charge < -0.3 is 9.26 Å². The third-order valence-corrected chi connectivity index (χ3v) is 5.94. The van der Waals surface area contributed by atoms with E-state index in [9.17, 15) is 13.2 Å². The first-order chi connectivity index (χ1) is 13.3.